The van der Waals surface area contributed by atoms with Crippen LogP contribution in [0.25, 0.3) is 0 Å². The normalized spacial score (nSPS) is 15.1. The molecular weight excluding hydrogens is 266 g/mol. The minimum Gasteiger partial charge on any atom is -0.342 e. The number of nitriles is 1. The van der Waals surface area contributed by atoms with E-state index in [0.717, 1.165) is 23.8 Å². The Hall–Kier alpha value is -2.13. The van der Waals surface area contributed by atoms with Crippen molar-refractivity contribution >= 4 is 0 Å². The molecule has 0 spiro atoms. The quantitative estimate of drug-likeness (QED) is 0.842. The van der Waals surface area contributed by atoms with Crippen LogP contribution < -0.4 is 0 Å². The first-order valence-corrected chi connectivity index (χ1v) is 7.22. The maximum Gasteiger partial charge on any atom is 0.229 e. The first-order chi connectivity index (χ1) is 10.2. The molecule has 6 heteroatoms. The second-order valence-corrected chi connectivity index (χ2v) is 5.81. The molecule has 1 saturated carbocycles. The standard InChI is InChI=1S/C15H19N5O/c1-19(8-11-6-13(7-16)20(2)9-11)10-14-17-15(21-18-14)12-4-3-5-12/h6,9,12H,3-5,8,10H2,1-2H3. The van der Waals surface area contributed by atoms with Gasteiger partial charge in [0.2, 0.25) is 5.89 Å². The van der Waals surface area contributed by atoms with Crippen molar-refractivity contribution < 1.29 is 4.52 Å². The Labute approximate surface area is 124 Å². The molecule has 0 N–H and O–H groups in total. The summed E-state index contributed by atoms with van der Waals surface area (Å²) in [6.07, 6.45) is 5.57. The van der Waals surface area contributed by atoms with Gasteiger partial charge in [-0.05, 0) is 31.5 Å². The monoisotopic (exact) mass is 285 g/mol. The van der Waals surface area contributed by atoms with Crippen LogP contribution in [-0.2, 0) is 20.1 Å². The number of hydrogen-bond acceptors (Lipinski definition) is 5. The van der Waals surface area contributed by atoms with E-state index in [9.17, 15) is 0 Å². The minimum atomic E-state index is 0.476. The van der Waals surface area contributed by atoms with Crippen LogP contribution in [0, 0.1) is 11.3 Å². The summed E-state index contributed by atoms with van der Waals surface area (Å²) in [5, 5.41) is 13.0. The highest BCUT2D eigenvalue weighted by molar-refractivity contribution is 5.28. The van der Waals surface area contributed by atoms with E-state index >= 15 is 0 Å². The average molecular weight is 285 g/mol. The molecule has 2 aromatic heterocycles. The van der Waals surface area contributed by atoms with Crippen molar-refractivity contribution in [3.8, 4) is 6.07 Å². The second kappa shape index (κ2) is 5.70. The molecule has 110 valence electrons. The zero-order valence-corrected chi connectivity index (χ0v) is 12.4. The van der Waals surface area contributed by atoms with E-state index in [2.05, 4.69) is 21.1 Å². The number of rotatable bonds is 5. The number of hydrogen-bond donors (Lipinski definition) is 0. The Morgan fingerprint density at radius 1 is 1.48 bits per heavy atom. The third-order valence-corrected chi connectivity index (χ3v) is 3.98. The summed E-state index contributed by atoms with van der Waals surface area (Å²) in [6, 6.07) is 4.08. The topological polar surface area (TPSA) is 70.9 Å². The molecule has 0 amide bonds. The molecule has 1 aliphatic rings. The van der Waals surface area contributed by atoms with Crippen molar-refractivity contribution in [1.82, 2.24) is 19.6 Å². The lowest BCUT2D eigenvalue weighted by atomic mass is 9.85. The molecule has 21 heavy (non-hydrogen) atoms. The van der Waals surface area contributed by atoms with Gasteiger partial charge in [0.05, 0.1) is 6.54 Å². The predicted molar refractivity (Wildman–Crippen MR) is 76.2 cm³/mol. The van der Waals surface area contributed by atoms with Crippen LogP contribution in [0.3, 0.4) is 0 Å². The lowest BCUT2D eigenvalue weighted by molar-refractivity contribution is 0.281. The van der Waals surface area contributed by atoms with E-state index in [1.165, 1.54) is 19.3 Å². The number of aryl methyl sites for hydroxylation is 1. The lowest BCUT2D eigenvalue weighted by Gasteiger charge is -2.20. The highest BCUT2D eigenvalue weighted by atomic mass is 16.5. The van der Waals surface area contributed by atoms with Crippen molar-refractivity contribution in [2.75, 3.05) is 7.05 Å². The van der Waals surface area contributed by atoms with Crippen LogP contribution in [0.4, 0.5) is 0 Å². The van der Waals surface area contributed by atoms with Crippen LogP contribution >= 0.6 is 0 Å². The van der Waals surface area contributed by atoms with E-state index in [4.69, 9.17) is 9.78 Å². The highest BCUT2D eigenvalue weighted by Crippen LogP contribution is 2.35. The summed E-state index contributed by atoms with van der Waals surface area (Å²) in [5.74, 6) is 2.00. The van der Waals surface area contributed by atoms with Crippen LogP contribution in [-0.4, -0.2) is 26.7 Å². The zero-order chi connectivity index (χ0) is 14.8. The zero-order valence-electron chi connectivity index (χ0n) is 12.4. The van der Waals surface area contributed by atoms with Gasteiger partial charge in [-0.15, -0.1) is 0 Å². The third-order valence-electron chi connectivity index (χ3n) is 3.98. The Morgan fingerprint density at radius 2 is 2.29 bits per heavy atom. The summed E-state index contributed by atoms with van der Waals surface area (Å²) in [4.78, 5) is 6.59. The van der Waals surface area contributed by atoms with Crippen LogP contribution in [0.1, 0.15) is 48.2 Å². The Balaban J connectivity index is 1.59. The van der Waals surface area contributed by atoms with E-state index in [-0.39, 0.29) is 0 Å². The molecule has 0 radical (unpaired) electrons. The fraction of sp³-hybridized carbons (Fsp3) is 0.533. The first kappa shape index (κ1) is 13.8. The van der Waals surface area contributed by atoms with E-state index < -0.39 is 0 Å². The van der Waals surface area contributed by atoms with Crippen LogP contribution in [0.2, 0.25) is 0 Å². The van der Waals surface area contributed by atoms with E-state index in [1.807, 2.05) is 30.9 Å². The van der Waals surface area contributed by atoms with E-state index in [0.29, 0.717) is 18.2 Å². The van der Waals surface area contributed by atoms with Crippen molar-refractivity contribution in [1.29, 1.82) is 5.26 Å². The first-order valence-electron chi connectivity index (χ1n) is 7.22. The van der Waals surface area contributed by atoms with Gasteiger partial charge in [0.25, 0.3) is 0 Å². The van der Waals surface area contributed by atoms with Gasteiger partial charge in [-0.25, -0.2) is 0 Å². The largest absolute Gasteiger partial charge is 0.342 e. The molecule has 3 rings (SSSR count). The molecule has 0 bridgehead atoms. The maximum absolute atomic E-state index is 8.97. The van der Waals surface area contributed by atoms with Gasteiger partial charge < -0.3 is 9.09 Å². The highest BCUT2D eigenvalue weighted by Gasteiger charge is 2.25. The molecule has 0 aromatic carbocycles. The summed E-state index contributed by atoms with van der Waals surface area (Å²) in [6.45, 7) is 1.40. The van der Waals surface area contributed by atoms with Gasteiger partial charge >= 0.3 is 0 Å². The van der Waals surface area contributed by atoms with Gasteiger partial charge in [-0.3, -0.25) is 4.90 Å². The Bertz CT molecular complexity index is 662. The van der Waals surface area contributed by atoms with Gasteiger partial charge in [0.15, 0.2) is 5.82 Å². The van der Waals surface area contributed by atoms with Gasteiger partial charge in [-0.1, -0.05) is 11.6 Å². The van der Waals surface area contributed by atoms with Crippen molar-refractivity contribution in [3.63, 3.8) is 0 Å². The molecule has 2 heterocycles. The minimum absolute atomic E-state index is 0.476. The van der Waals surface area contributed by atoms with Gasteiger partial charge in [-0.2, -0.15) is 10.2 Å². The summed E-state index contributed by atoms with van der Waals surface area (Å²) in [5.41, 5.74) is 1.78. The molecule has 0 atom stereocenters. The molecule has 0 unspecified atom stereocenters. The second-order valence-electron chi connectivity index (χ2n) is 5.81. The molecule has 0 aliphatic heterocycles. The SMILES string of the molecule is CN(Cc1cc(C#N)n(C)c1)Cc1noc(C2CCC2)n1. The van der Waals surface area contributed by atoms with Crippen LogP contribution in [0.5, 0.6) is 0 Å². The summed E-state index contributed by atoms with van der Waals surface area (Å²) in [7, 11) is 3.89. The summed E-state index contributed by atoms with van der Waals surface area (Å²) < 4.78 is 7.16. The predicted octanol–water partition coefficient (Wildman–Crippen LogP) is 2.18. The average Bonchev–Trinajstić information content (AvgIpc) is 2.94. The fourth-order valence-electron chi connectivity index (χ4n) is 2.59. The lowest BCUT2D eigenvalue weighted by Crippen LogP contribution is -2.18. The van der Waals surface area contributed by atoms with Crippen LogP contribution in [0.15, 0.2) is 16.8 Å². The third kappa shape index (κ3) is 2.98. The fourth-order valence-corrected chi connectivity index (χ4v) is 2.59. The van der Waals surface area contributed by atoms with E-state index in [1.54, 1.807) is 0 Å². The molecule has 1 fully saturated rings. The summed E-state index contributed by atoms with van der Waals surface area (Å²) >= 11 is 0. The number of aromatic nitrogens is 3. The molecule has 0 saturated heterocycles. The molecular formula is C15H19N5O. The van der Waals surface area contributed by atoms with Crippen molar-refractivity contribution in [2.24, 2.45) is 7.05 Å². The van der Waals surface area contributed by atoms with Crippen molar-refractivity contribution in [3.05, 3.63) is 35.2 Å². The van der Waals surface area contributed by atoms with Gasteiger partial charge in [0.1, 0.15) is 11.8 Å². The molecule has 6 nitrogen and oxygen atoms in total. The Kier molecular flexibility index (Phi) is 3.76. The van der Waals surface area contributed by atoms with Gasteiger partial charge in [0, 0.05) is 25.7 Å². The number of nitrogens with zero attached hydrogens (tertiary/aromatic N) is 5. The smallest absolute Gasteiger partial charge is 0.229 e. The Morgan fingerprint density at radius 3 is 2.90 bits per heavy atom. The maximum atomic E-state index is 8.97. The molecule has 2 aromatic rings. The molecule has 1 aliphatic carbocycles. The van der Waals surface area contributed by atoms with Crippen molar-refractivity contribution in [2.45, 2.75) is 38.3 Å².